The summed E-state index contributed by atoms with van der Waals surface area (Å²) in [6.07, 6.45) is -3.97. The molecule has 0 aliphatic rings. The van der Waals surface area contributed by atoms with Crippen molar-refractivity contribution in [3.63, 3.8) is 0 Å². The van der Waals surface area contributed by atoms with Crippen LogP contribution in [0.15, 0.2) is 53.2 Å². The molecule has 2 aromatic heterocycles. The number of alkyl halides is 3. The van der Waals surface area contributed by atoms with E-state index >= 15 is 0 Å². The molecule has 0 radical (unpaired) electrons. The van der Waals surface area contributed by atoms with Crippen molar-refractivity contribution in [2.75, 3.05) is 0 Å². The molecule has 2 aromatic carbocycles. The van der Waals surface area contributed by atoms with E-state index in [1.165, 1.54) is 30.3 Å². The quantitative estimate of drug-likeness (QED) is 0.263. The summed E-state index contributed by atoms with van der Waals surface area (Å²) in [5.41, 5.74) is 3.40. The molecule has 0 amide bonds. The second kappa shape index (κ2) is 8.19. The van der Waals surface area contributed by atoms with Crippen LogP contribution >= 0.6 is 35.4 Å². The van der Waals surface area contributed by atoms with Gasteiger partial charge in [0.25, 0.3) is 0 Å². The highest BCUT2D eigenvalue weighted by molar-refractivity contribution is 7.80. The molecule has 0 bridgehead atoms. The van der Waals surface area contributed by atoms with Crippen LogP contribution in [0.2, 0.25) is 10.0 Å². The maximum atomic E-state index is 14.5. The Balaban J connectivity index is 2.01. The van der Waals surface area contributed by atoms with Crippen molar-refractivity contribution in [1.29, 1.82) is 0 Å². The Labute approximate surface area is 193 Å². The lowest BCUT2D eigenvalue weighted by atomic mass is 10.0. The van der Waals surface area contributed by atoms with Crippen LogP contribution in [0.5, 0.6) is 0 Å². The van der Waals surface area contributed by atoms with Crippen molar-refractivity contribution < 1.29 is 22.1 Å². The van der Waals surface area contributed by atoms with Crippen LogP contribution in [-0.2, 0) is 6.18 Å². The third kappa shape index (κ3) is 3.74. The predicted octanol–water partition coefficient (Wildman–Crippen LogP) is 6.29. The molecule has 4 aromatic rings. The Morgan fingerprint density at radius 1 is 1.06 bits per heavy atom. The normalized spacial score (nSPS) is 11.7. The van der Waals surface area contributed by atoms with Crippen LogP contribution in [-0.4, -0.2) is 19.9 Å². The van der Waals surface area contributed by atoms with E-state index in [0.717, 1.165) is 12.3 Å². The van der Waals surface area contributed by atoms with Crippen LogP contribution in [0.4, 0.5) is 17.6 Å². The van der Waals surface area contributed by atoms with E-state index in [1.807, 2.05) is 0 Å². The number of rotatable bonds is 4. The fourth-order valence-corrected chi connectivity index (χ4v) is 3.85. The van der Waals surface area contributed by atoms with Gasteiger partial charge in [-0.1, -0.05) is 58.8 Å². The van der Waals surface area contributed by atoms with Crippen LogP contribution in [0, 0.1) is 5.82 Å². The number of thiocarbonyl (C=S) groups is 1. The summed E-state index contributed by atoms with van der Waals surface area (Å²) >= 11 is 17.2. The average molecular weight is 501 g/mol. The van der Waals surface area contributed by atoms with E-state index in [0.29, 0.717) is 4.68 Å². The number of hydrogen-bond donors (Lipinski definition) is 1. The molecule has 32 heavy (non-hydrogen) atoms. The molecule has 0 atom stereocenters. The van der Waals surface area contributed by atoms with Gasteiger partial charge < -0.3 is 10.3 Å². The molecule has 0 spiro atoms. The van der Waals surface area contributed by atoms with Gasteiger partial charge in [0.1, 0.15) is 16.5 Å². The summed E-state index contributed by atoms with van der Waals surface area (Å²) in [5, 5.41) is 7.57. The molecule has 0 aliphatic carbocycles. The minimum absolute atomic E-state index is 0.0125. The molecule has 0 unspecified atom stereocenters. The highest BCUT2D eigenvalue weighted by Gasteiger charge is 2.41. The van der Waals surface area contributed by atoms with Gasteiger partial charge in [0.15, 0.2) is 11.5 Å². The molecule has 0 fully saturated rings. The van der Waals surface area contributed by atoms with Gasteiger partial charge in [-0.3, -0.25) is 0 Å². The van der Waals surface area contributed by atoms with Gasteiger partial charge in [-0.15, -0.1) is 0 Å². The smallest absolute Gasteiger partial charge is 0.389 e. The maximum absolute atomic E-state index is 14.5. The van der Waals surface area contributed by atoms with Gasteiger partial charge in [-0.25, -0.2) is 9.07 Å². The zero-order valence-corrected chi connectivity index (χ0v) is 18.0. The van der Waals surface area contributed by atoms with E-state index in [2.05, 4.69) is 10.3 Å². The van der Waals surface area contributed by atoms with E-state index in [9.17, 15) is 17.6 Å². The van der Waals surface area contributed by atoms with Gasteiger partial charge in [0.05, 0.1) is 38.6 Å². The number of aromatic nitrogens is 3. The first kappa shape index (κ1) is 22.3. The lowest BCUT2D eigenvalue weighted by Crippen LogP contribution is -2.16. The summed E-state index contributed by atoms with van der Waals surface area (Å²) in [7, 11) is 0. The molecule has 0 saturated heterocycles. The number of nitrogens with two attached hydrogens (primary N) is 1. The van der Waals surface area contributed by atoms with E-state index < -0.39 is 29.0 Å². The number of nitrogens with zero attached hydrogens (tertiary/aromatic N) is 3. The summed E-state index contributed by atoms with van der Waals surface area (Å²) in [4.78, 5) is -0.366. The van der Waals surface area contributed by atoms with E-state index in [-0.39, 0.29) is 37.5 Å². The van der Waals surface area contributed by atoms with E-state index in [4.69, 9.17) is 45.7 Å². The Morgan fingerprint density at radius 2 is 1.75 bits per heavy atom. The Kier molecular flexibility index (Phi) is 5.70. The first-order valence-electron chi connectivity index (χ1n) is 8.75. The molecule has 4 rings (SSSR count). The molecular weight excluding hydrogens is 491 g/mol. The lowest BCUT2D eigenvalue weighted by molar-refractivity contribution is -0.142. The fourth-order valence-electron chi connectivity index (χ4n) is 3.19. The zero-order valence-electron chi connectivity index (χ0n) is 15.6. The SMILES string of the molecule is NC(=S)c1c(-c2c(F)cccc2Cl)noc1-c1cnn(-c2ccccc2Cl)c1C(F)(F)F. The second-order valence-corrected chi connectivity index (χ2v) is 7.72. The monoisotopic (exact) mass is 500 g/mol. The van der Waals surface area contributed by atoms with Crippen molar-refractivity contribution in [2.45, 2.75) is 6.18 Å². The molecular formula is C20H10Cl2F4N4OS. The van der Waals surface area contributed by atoms with E-state index in [1.54, 1.807) is 6.07 Å². The van der Waals surface area contributed by atoms with Gasteiger partial charge >= 0.3 is 6.18 Å². The van der Waals surface area contributed by atoms with Gasteiger partial charge in [0, 0.05) is 0 Å². The van der Waals surface area contributed by atoms with Crippen LogP contribution in [0.1, 0.15) is 11.3 Å². The van der Waals surface area contributed by atoms with Crippen molar-refractivity contribution in [2.24, 2.45) is 5.73 Å². The largest absolute Gasteiger partial charge is 0.434 e. The molecule has 0 saturated carbocycles. The topological polar surface area (TPSA) is 69.9 Å². The standard InChI is InChI=1S/C20H10Cl2F4N4OS/c21-10-4-1-2-7-13(10)30-18(20(24,25)26)9(8-28-30)17-15(19(27)32)16(29-31-17)14-11(22)5-3-6-12(14)23/h1-8H,(H2,27,32). The van der Waals surface area contributed by atoms with Crippen molar-refractivity contribution in [3.05, 3.63) is 75.8 Å². The maximum Gasteiger partial charge on any atom is 0.434 e. The summed E-state index contributed by atoms with van der Waals surface area (Å²) in [5.74, 6) is -1.21. The molecule has 5 nitrogen and oxygen atoms in total. The van der Waals surface area contributed by atoms with Crippen LogP contribution in [0.3, 0.4) is 0 Å². The fraction of sp³-hybridized carbons (Fsp3) is 0.0500. The average Bonchev–Trinajstić information content (AvgIpc) is 3.32. The first-order chi connectivity index (χ1) is 15.1. The third-order valence-corrected chi connectivity index (χ3v) is 5.34. The molecule has 164 valence electrons. The summed E-state index contributed by atoms with van der Waals surface area (Å²) < 4.78 is 62.7. The highest BCUT2D eigenvalue weighted by Crippen LogP contribution is 2.43. The number of hydrogen-bond acceptors (Lipinski definition) is 4. The van der Waals surface area contributed by atoms with Crippen LogP contribution < -0.4 is 5.73 Å². The zero-order chi connectivity index (χ0) is 23.2. The van der Waals surface area contributed by atoms with Gasteiger partial charge in [-0.05, 0) is 24.3 Å². The lowest BCUT2D eigenvalue weighted by Gasteiger charge is -2.13. The summed E-state index contributed by atoms with van der Waals surface area (Å²) in [6.45, 7) is 0. The predicted molar refractivity (Wildman–Crippen MR) is 115 cm³/mol. The first-order valence-corrected chi connectivity index (χ1v) is 9.92. The molecule has 12 heteroatoms. The molecule has 2 N–H and O–H groups in total. The van der Waals surface area contributed by atoms with Crippen molar-refractivity contribution in [3.8, 4) is 28.3 Å². The minimum Gasteiger partial charge on any atom is -0.389 e. The number of para-hydroxylation sites is 1. The number of benzene rings is 2. The Bertz CT molecular complexity index is 1330. The summed E-state index contributed by atoms with van der Waals surface area (Å²) in [6, 6.07) is 9.71. The Morgan fingerprint density at radius 3 is 2.38 bits per heavy atom. The van der Waals surface area contributed by atoms with Crippen molar-refractivity contribution in [1.82, 2.24) is 14.9 Å². The second-order valence-electron chi connectivity index (χ2n) is 6.46. The Hall–Kier alpha value is -2.95. The van der Waals surface area contributed by atoms with Gasteiger partial charge in [0.2, 0.25) is 0 Å². The highest BCUT2D eigenvalue weighted by atomic mass is 35.5. The molecule has 0 aliphatic heterocycles. The van der Waals surface area contributed by atoms with Gasteiger partial charge in [-0.2, -0.15) is 18.3 Å². The minimum atomic E-state index is -4.89. The van der Waals surface area contributed by atoms with Crippen LogP contribution in [0.25, 0.3) is 28.3 Å². The third-order valence-electron chi connectivity index (χ3n) is 4.50. The number of halogens is 6. The van der Waals surface area contributed by atoms with Crippen molar-refractivity contribution >= 4 is 40.4 Å². The molecule has 2 heterocycles.